The predicted octanol–water partition coefficient (Wildman–Crippen LogP) is 22.4. The van der Waals surface area contributed by atoms with E-state index in [1.54, 1.807) is 11.8 Å². The molecule has 15 rings (SSSR count). The minimum absolute atomic E-state index is 0.513. The molecule has 0 atom stereocenters. The van der Waals surface area contributed by atoms with Gasteiger partial charge in [0.25, 0.3) is 0 Å². The van der Waals surface area contributed by atoms with Crippen molar-refractivity contribution in [1.82, 2.24) is 0 Å². The van der Waals surface area contributed by atoms with E-state index in [4.69, 9.17) is 0 Å². The number of benzene rings is 13. The van der Waals surface area contributed by atoms with Crippen LogP contribution in [0.5, 0.6) is 0 Å². The van der Waals surface area contributed by atoms with Crippen molar-refractivity contribution < 1.29 is 0 Å². The fraction of sp³-hybridized carbons (Fsp3) is 0.0361. The molecule has 2 aliphatic heterocycles. The summed E-state index contributed by atoms with van der Waals surface area (Å²) in [5, 5.41) is 22.7. The van der Waals surface area contributed by atoms with Gasteiger partial charge in [0.1, 0.15) is 0 Å². The molecule has 13 aromatic carbocycles. The molecule has 0 spiro atoms. The van der Waals surface area contributed by atoms with Gasteiger partial charge in [-0.05, 0) is 175 Å². The smallest absolute Gasteiger partial charge is 0.0998 e. The van der Waals surface area contributed by atoms with Crippen LogP contribution < -0.4 is 19.6 Å². The molecule has 0 fully saturated rings. The zero-order valence-electron chi connectivity index (χ0n) is 49.6. The van der Waals surface area contributed by atoms with Crippen LogP contribution in [0.3, 0.4) is 0 Å². The highest BCUT2D eigenvalue weighted by molar-refractivity contribution is 7.99. The van der Waals surface area contributed by atoms with Gasteiger partial charge in [0, 0.05) is 66.2 Å². The second kappa shape index (κ2) is 23.2. The molecule has 90 heavy (non-hydrogen) atoms. The van der Waals surface area contributed by atoms with Crippen LogP contribution in [0.15, 0.2) is 325 Å². The highest BCUT2D eigenvalue weighted by atomic mass is 32.2. The Labute approximate surface area is 530 Å². The zero-order valence-corrected chi connectivity index (χ0v) is 50.4. The molecule has 0 radical (unpaired) electrons. The molecule has 2 aliphatic rings. The first-order valence-corrected chi connectivity index (χ1v) is 31.1. The lowest BCUT2D eigenvalue weighted by atomic mass is 9.62. The third kappa shape index (κ3) is 9.36. The highest BCUT2D eigenvalue weighted by Crippen LogP contribution is 2.64. The van der Waals surface area contributed by atoms with E-state index in [9.17, 15) is 10.5 Å². The number of rotatable bonds is 12. The van der Waals surface area contributed by atoms with Gasteiger partial charge in [-0.2, -0.15) is 10.5 Å². The molecule has 0 amide bonds. The van der Waals surface area contributed by atoms with Gasteiger partial charge in [-0.1, -0.05) is 200 Å². The number of hydrogen-bond donors (Lipinski definition) is 0. The Hall–Kier alpha value is -11.6. The van der Waals surface area contributed by atoms with Crippen LogP contribution in [-0.4, -0.2) is 0 Å². The van der Waals surface area contributed by atoms with Crippen molar-refractivity contribution in [3.63, 3.8) is 0 Å². The lowest BCUT2D eigenvalue weighted by molar-refractivity contribution is 0.731. The molecule has 0 aromatic heterocycles. The number of nitrogens with zero attached hydrogens (tertiary/aromatic N) is 6. The first kappa shape index (κ1) is 55.0. The molecule has 0 N–H and O–H groups in total. The fourth-order valence-corrected chi connectivity index (χ4v) is 14.8. The molecule has 0 unspecified atom stereocenters. The van der Waals surface area contributed by atoms with Gasteiger partial charge in [-0.3, -0.25) is 0 Å². The molecule has 0 bridgehead atoms. The third-order valence-corrected chi connectivity index (χ3v) is 18.5. The average Bonchev–Trinajstić information content (AvgIpc) is 0.725. The number of anilines is 12. The SMILES string of the molecule is Cc1ccc2c(c1)Sc1cc(C)ccc1N2c1c(-c2ccccc2C#N)ccc(N2c3ccc(N(c4ccccc4)c4ccccc4)cc3C(c3ccccc3)(c3ccccc3)c3cc(N(c4ccccc4)c4ccccc4)ccc32)c1-c1ccccc1C#N. The standard InChI is InChI=1S/C83H58N6S/c1-57-41-46-76-79(51-57)90-80-52-58(2)42-47-77(80)89(76)82-71(69-39-23-21-25-59(69)55-84)45-50-78(81(82)70-40-24-22-26-60(70)56-85)88-74-48-43-67(86(63-31-13-5-14-32-63)64-33-15-6-16-34-64)53-72(74)83(61-27-9-3-10-28-61,62-29-11-4-12-30-62)73-54-68(44-49-75(73)88)87(65-35-17-7-18-36-65)66-37-19-8-20-38-66/h3-54H,1-2H3. The maximum Gasteiger partial charge on any atom is 0.0998 e. The van der Waals surface area contributed by atoms with E-state index in [2.05, 4.69) is 325 Å². The summed E-state index contributed by atoms with van der Waals surface area (Å²) in [6.45, 7) is 4.29. The van der Waals surface area contributed by atoms with Crippen LogP contribution in [-0.2, 0) is 5.41 Å². The monoisotopic (exact) mass is 1170 g/mol. The van der Waals surface area contributed by atoms with E-state index in [1.807, 2.05) is 36.4 Å². The zero-order chi connectivity index (χ0) is 60.7. The Morgan fingerprint density at radius 2 is 0.689 bits per heavy atom. The summed E-state index contributed by atoms with van der Waals surface area (Å²) in [5.74, 6) is 0. The van der Waals surface area contributed by atoms with Gasteiger partial charge in [-0.25, -0.2) is 0 Å². The first-order chi connectivity index (χ1) is 44.4. The summed E-state index contributed by atoms with van der Waals surface area (Å²) < 4.78 is 0. The molecule has 0 saturated heterocycles. The second-order valence-electron chi connectivity index (χ2n) is 22.8. The number of nitriles is 2. The van der Waals surface area contributed by atoms with Crippen molar-refractivity contribution in [2.45, 2.75) is 29.1 Å². The number of fused-ring (bicyclic) bond motifs is 4. The third-order valence-electron chi connectivity index (χ3n) is 17.4. The molecule has 0 aliphatic carbocycles. The summed E-state index contributed by atoms with van der Waals surface area (Å²) in [6, 6.07) is 117. The van der Waals surface area contributed by atoms with Gasteiger partial charge in [0.15, 0.2) is 0 Å². The fourth-order valence-electron chi connectivity index (χ4n) is 13.6. The van der Waals surface area contributed by atoms with Gasteiger partial charge in [0.05, 0.1) is 62.8 Å². The minimum Gasteiger partial charge on any atom is -0.310 e. The molecule has 13 aromatic rings. The van der Waals surface area contributed by atoms with E-state index in [0.717, 1.165) is 134 Å². The largest absolute Gasteiger partial charge is 0.310 e. The number of aryl methyl sites for hydroxylation is 2. The van der Waals surface area contributed by atoms with E-state index in [-0.39, 0.29) is 0 Å². The van der Waals surface area contributed by atoms with Crippen molar-refractivity contribution in [1.29, 1.82) is 10.5 Å². The molecular weight excluding hydrogens is 1110 g/mol. The predicted molar refractivity (Wildman–Crippen MR) is 371 cm³/mol. The average molecular weight is 1170 g/mol. The molecule has 426 valence electrons. The maximum absolute atomic E-state index is 11.6. The van der Waals surface area contributed by atoms with Crippen LogP contribution in [0.2, 0.25) is 0 Å². The minimum atomic E-state index is -0.981. The quantitative estimate of drug-likeness (QED) is 0.121. The van der Waals surface area contributed by atoms with Crippen LogP contribution >= 0.6 is 11.8 Å². The molecule has 2 heterocycles. The van der Waals surface area contributed by atoms with Gasteiger partial charge < -0.3 is 19.6 Å². The highest BCUT2D eigenvalue weighted by Gasteiger charge is 2.48. The molecule has 7 heteroatoms. The van der Waals surface area contributed by atoms with Crippen molar-refractivity contribution in [2.75, 3.05) is 19.6 Å². The topological polar surface area (TPSA) is 60.5 Å². The summed E-state index contributed by atoms with van der Waals surface area (Å²) in [4.78, 5) is 11.8. The lowest BCUT2D eigenvalue weighted by Gasteiger charge is -2.48. The van der Waals surface area contributed by atoms with Crippen LogP contribution in [0, 0.1) is 36.5 Å². The summed E-state index contributed by atoms with van der Waals surface area (Å²) in [6.07, 6.45) is 0. The number of hydrogen-bond acceptors (Lipinski definition) is 7. The van der Waals surface area contributed by atoms with Gasteiger partial charge in [-0.15, -0.1) is 0 Å². The normalized spacial score (nSPS) is 12.5. The Bertz CT molecular complexity index is 4620. The number of para-hydroxylation sites is 4. The summed E-state index contributed by atoms with van der Waals surface area (Å²) in [7, 11) is 0. The van der Waals surface area contributed by atoms with Crippen molar-refractivity contribution in [3.05, 3.63) is 360 Å². The first-order valence-electron chi connectivity index (χ1n) is 30.3. The molecule has 0 saturated carbocycles. The van der Waals surface area contributed by atoms with E-state index in [0.29, 0.717) is 11.1 Å². The van der Waals surface area contributed by atoms with E-state index < -0.39 is 5.41 Å². The second-order valence-corrected chi connectivity index (χ2v) is 23.9. The van der Waals surface area contributed by atoms with Crippen molar-refractivity contribution in [3.8, 4) is 34.4 Å². The molecule has 6 nitrogen and oxygen atoms in total. The van der Waals surface area contributed by atoms with Crippen LogP contribution in [0.25, 0.3) is 22.3 Å². The van der Waals surface area contributed by atoms with E-state index >= 15 is 0 Å². The summed E-state index contributed by atoms with van der Waals surface area (Å²) >= 11 is 1.77. The van der Waals surface area contributed by atoms with Crippen molar-refractivity contribution in [2.24, 2.45) is 0 Å². The van der Waals surface area contributed by atoms with Gasteiger partial charge >= 0.3 is 0 Å². The Kier molecular flexibility index (Phi) is 14.2. The van der Waals surface area contributed by atoms with Crippen LogP contribution in [0.4, 0.5) is 68.2 Å². The van der Waals surface area contributed by atoms with Gasteiger partial charge in [0.2, 0.25) is 0 Å². The Morgan fingerprint density at radius 1 is 0.322 bits per heavy atom. The Balaban J connectivity index is 1.14. The van der Waals surface area contributed by atoms with E-state index in [1.165, 1.54) is 0 Å². The van der Waals surface area contributed by atoms with Crippen molar-refractivity contribution >= 4 is 80.0 Å². The van der Waals surface area contributed by atoms with Crippen LogP contribution in [0.1, 0.15) is 44.5 Å². The maximum atomic E-state index is 11.6. The molecular formula is C83H58N6S. The summed E-state index contributed by atoms with van der Waals surface area (Å²) in [5.41, 5.74) is 21.4. The lowest BCUT2D eigenvalue weighted by Crippen LogP contribution is -2.38. The Morgan fingerprint density at radius 3 is 1.12 bits per heavy atom.